The molecule has 0 amide bonds. The van der Waals surface area contributed by atoms with E-state index in [1.807, 2.05) is 0 Å². The zero-order chi connectivity index (χ0) is 12.7. The van der Waals surface area contributed by atoms with Crippen LogP contribution in [-0.4, -0.2) is 30.2 Å². The minimum absolute atomic E-state index is 0.343. The molecule has 17 heavy (non-hydrogen) atoms. The summed E-state index contributed by atoms with van der Waals surface area (Å²) in [7, 11) is 0. The van der Waals surface area contributed by atoms with Crippen molar-refractivity contribution in [2.75, 3.05) is 13.1 Å². The summed E-state index contributed by atoms with van der Waals surface area (Å²) in [5.74, 6) is 0. The Hall–Kier alpha value is -0.500. The predicted octanol–water partition coefficient (Wildman–Crippen LogP) is 3.97. The molecule has 0 spiro atoms. The van der Waals surface area contributed by atoms with Crippen LogP contribution in [0.2, 0.25) is 0 Å². The monoisotopic (exact) mass is 239 g/mol. The summed E-state index contributed by atoms with van der Waals surface area (Å²) in [4.78, 5) is 2.42. The number of ether oxygens (including phenoxy) is 1. The van der Waals surface area contributed by atoms with E-state index in [2.05, 4.69) is 32.3 Å². The number of unbranched alkanes of at least 4 members (excludes halogenated alkanes) is 4. The van der Waals surface area contributed by atoms with Gasteiger partial charge in [0.15, 0.2) is 0 Å². The summed E-state index contributed by atoms with van der Waals surface area (Å²) in [6, 6.07) is 0. The quantitative estimate of drug-likeness (QED) is 0.623. The van der Waals surface area contributed by atoms with Gasteiger partial charge in [-0.15, -0.1) is 0 Å². The van der Waals surface area contributed by atoms with E-state index in [1.54, 1.807) is 0 Å². The second-order valence-corrected chi connectivity index (χ2v) is 5.39. The highest BCUT2D eigenvalue weighted by atomic mass is 16.5. The first-order valence-electron chi connectivity index (χ1n) is 7.21. The van der Waals surface area contributed by atoms with Crippen LogP contribution < -0.4 is 0 Å². The SMILES string of the molecule is C=C(CCCCCCC)N1CC(C)OC(C)C1. The predicted molar refractivity (Wildman–Crippen MR) is 74.1 cm³/mol. The normalized spacial score (nSPS) is 25.0. The van der Waals surface area contributed by atoms with E-state index in [0.717, 1.165) is 19.5 Å². The molecule has 100 valence electrons. The lowest BCUT2D eigenvalue weighted by Crippen LogP contribution is -2.44. The highest BCUT2D eigenvalue weighted by molar-refractivity contribution is 4.96. The van der Waals surface area contributed by atoms with E-state index in [0.29, 0.717) is 12.2 Å². The highest BCUT2D eigenvalue weighted by Gasteiger charge is 2.22. The second kappa shape index (κ2) is 7.75. The van der Waals surface area contributed by atoms with Crippen LogP contribution in [-0.2, 0) is 4.74 Å². The molecule has 1 rings (SSSR count). The molecule has 2 atom stereocenters. The number of hydrogen-bond acceptors (Lipinski definition) is 2. The summed E-state index contributed by atoms with van der Waals surface area (Å²) in [6.45, 7) is 12.8. The van der Waals surface area contributed by atoms with Crippen molar-refractivity contribution in [3.8, 4) is 0 Å². The average Bonchev–Trinajstić information content (AvgIpc) is 2.27. The summed E-state index contributed by atoms with van der Waals surface area (Å²) < 4.78 is 5.74. The maximum Gasteiger partial charge on any atom is 0.0726 e. The van der Waals surface area contributed by atoms with Crippen molar-refractivity contribution in [2.24, 2.45) is 0 Å². The molecule has 0 aromatic heterocycles. The Balaban J connectivity index is 2.18. The van der Waals surface area contributed by atoms with E-state index in [9.17, 15) is 0 Å². The lowest BCUT2D eigenvalue weighted by molar-refractivity contribution is -0.0585. The molecule has 1 aliphatic rings. The minimum Gasteiger partial charge on any atom is -0.372 e. The van der Waals surface area contributed by atoms with Crippen molar-refractivity contribution < 1.29 is 4.74 Å². The topological polar surface area (TPSA) is 12.5 Å². The number of allylic oxidation sites excluding steroid dienone is 1. The van der Waals surface area contributed by atoms with Crippen LogP contribution in [0.1, 0.15) is 59.3 Å². The summed E-state index contributed by atoms with van der Waals surface area (Å²) in [6.07, 6.45) is 8.55. The van der Waals surface area contributed by atoms with Crippen molar-refractivity contribution in [1.82, 2.24) is 4.90 Å². The van der Waals surface area contributed by atoms with Crippen molar-refractivity contribution in [1.29, 1.82) is 0 Å². The van der Waals surface area contributed by atoms with E-state index < -0.39 is 0 Å². The van der Waals surface area contributed by atoms with Gasteiger partial charge < -0.3 is 9.64 Å². The van der Waals surface area contributed by atoms with Crippen LogP contribution in [0.25, 0.3) is 0 Å². The second-order valence-electron chi connectivity index (χ2n) is 5.39. The van der Waals surface area contributed by atoms with E-state index in [-0.39, 0.29) is 0 Å². The van der Waals surface area contributed by atoms with E-state index >= 15 is 0 Å². The van der Waals surface area contributed by atoms with Crippen LogP contribution in [0.15, 0.2) is 12.3 Å². The van der Waals surface area contributed by atoms with Gasteiger partial charge in [-0.3, -0.25) is 0 Å². The van der Waals surface area contributed by atoms with Crippen LogP contribution >= 0.6 is 0 Å². The molecule has 2 unspecified atom stereocenters. The molecule has 1 fully saturated rings. The molecule has 0 radical (unpaired) electrons. The maximum atomic E-state index is 5.74. The first-order chi connectivity index (χ1) is 8.13. The van der Waals surface area contributed by atoms with Crippen molar-refractivity contribution in [3.63, 3.8) is 0 Å². The third-order valence-electron chi connectivity index (χ3n) is 3.44. The lowest BCUT2D eigenvalue weighted by Gasteiger charge is -2.38. The number of rotatable bonds is 7. The smallest absolute Gasteiger partial charge is 0.0726 e. The average molecular weight is 239 g/mol. The van der Waals surface area contributed by atoms with Crippen LogP contribution in [0.5, 0.6) is 0 Å². The largest absolute Gasteiger partial charge is 0.372 e. The zero-order valence-corrected chi connectivity index (χ0v) is 11.9. The third-order valence-corrected chi connectivity index (χ3v) is 3.44. The molecule has 0 aliphatic carbocycles. The Bertz CT molecular complexity index is 217. The summed E-state index contributed by atoms with van der Waals surface area (Å²) in [5.41, 5.74) is 1.31. The van der Waals surface area contributed by atoms with Gasteiger partial charge in [-0.1, -0.05) is 39.2 Å². The van der Waals surface area contributed by atoms with E-state index in [1.165, 1.54) is 37.8 Å². The molecular formula is C15H29NO. The highest BCUT2D eigenvalue weighted by Crippen LogP contribution is 2.19. The molecule has 1 aliphatic heterocycles. The van der Waals surface area contributed by atoms with Crippen LogP contribution in [0.4, 0.5) is 0 Å². The number of morpholine rings is 1. The van der Waals surface area contributed by atoms with Crippen LogP contribution in [0.3, 0.4) is 0 Å². The van der Waals surface area contributed by atoms with Gasteiger partial charge in [0.25, 0.3) is 0 Å². The molecule has 0 N–H and O–H groups in total. The summed E-state index contributed by atoms with van der Waals surface area (Å²) in [5, 5.41) is 0. The lowest BCUT2D eigenvalue weighted by atomic mass is 10.1. The number of hydrogen-bond donors (Lipinski definition) is 0. The maximum absolute atomic E-state index is 5.74. The van der Waals surface area contributed by atoms with Gasteiger partial charge in [-0.2, -0.15) is 0 Å². The molecule has 2 heteroatoms. The van der Waals surface area contributed by atoms with Gasteiger partial charge in [-0.05, 0) is 26.7 Å². The molecular weight excluding hydrogens is 210 g/mol. The third kappa shape index (κ3) is 5.58. The fourth-order valence-corrected chi connectivity index (χ4v) is 2.53. The number of nitrogens with zero attached hydrogens (tertiary/aromatic N) is 1. The van der Waals surface area contributed by atoms with E-state index in [4.69, 9.17) is 4.74 Å². The first kappa shape index (κ1) is 14.6. The minimum atomic E-state index is 0.343. The van der Waals surface area contributed by atoms with Crippen LogP contribution in [0, 0.1) is 0 Å². The molecule has 2 nitrogen and oxygen atoms in total. The van der Waals surface area contributed by atoms with Gasteiger partial charge in [0.05, 0.1) is 12.2 Å². The fourth-order valence-electron chi connectivity index (χ4n) is 2.53. The first-order valence-corrected chi connectivity index (χ1v) is 7.21. The Labute approximate surface area is 107 Å². The van der Waals surface area contributed by atoms with Gasteiger partial charge >= 0.3 is 0 Å². The fraction of sp³-hybridized carbons (Fsp3) is 0.867. The van der Waals surface area contributed by atoms with Crippen molar-refractivity contribution in [2.45, 2.75) is 71.5 Å². The van der Waals surface area contributed by atoms with Gasteiger partial charge in [0, 0.05) is 18.8 Å². The molecule has 1 heterocycles. The van der Waals surface area contributed by atoms with Crippen molar-refractivity contribution >= 4 is 0 Å². The van der Waals surface area contributed by atoms with Gasteiger partial charge in [0.2, 0.25) is 0 Å². The molecule has 0 bridgehead atoms. The zero-order valence-electron chi connectivity index (χ0n) is 11.9. The Morgan fingerprint density at radius 1 is 1.12 bits per heavy atom. The Morgan fingerprint density at radius 3 is 2.29 bits per heavy atom. The Kier molecular flexibility index (Phi) is 6.64. The standard InChI is InChI=1S/C15H29NO/c1-5-6-7-8-9-10-13(2)16-11-14(3)17-15(4)12-16/h14-15H,2,5-12H2,1,3-4H3. The van der Waals surface area contributed by atoms with Gasteiger partial charge in [0.1, 0.15) is 0 Å². The summed E-state index contributed by atoms with van der Waals surface area (Å²) >= 11 is 0. The Morgan fingerprint density at radius 2 is 1.71 bits per heavy atom. The molecule has 0 saturated carbocycles. The van der Waals surface area contributed by atoms with Crippen molar-refractivity contribution in [3.05, 3.63) is 12.3 Å². The molecule has 1 saturated heterocycles. The molecule has 0 aromatic rings. The molecule has 0 aromatic carbocycles. The van der Waals surface area contributed by atoms with Gasteiger partial charge in [-0.25, -0.2) is 0 Å².